The highest BCUT2D eigenvalue weighted by atomic mass is 16.1. The van der Waals surface area contributed by atoms with Crippen molar-refractivity contribution in [1.82, 2.24) is 0 Å². The van der Waals surface area contributed by atoms with E-state index in [-0.39, 0.29) is 11.2 Å². The lowest BCUT2D eigenvalue weighted by Gasteiger charge is -2.35. The lowest BCUT2D eigenvalue weighted by Crippen LogP contribution is -2.29. The zero-order chi connectivity index (χ0) is 17.9. The Labute approximate surface area is 149 Å². The number of carbonyl (C=O) groups is 1. The van der Waals surface area contributed by atoms with Gasteiger partial charge < -0.3 is 0 Å². The van der Waals surface area contributed by atoms with E-state index >= 15 is 0 Å². The number of hydrogen-bond acceptors (Lipinski definition) is 1. The molecule has 1 aliphatic rings. The van der Waals surface area contributed by atoms with Gasteiger partial charge in [0.05, 0.1) is 0 Å². The molecule has 3 rings (SSSR count). The summed E-state index contributed by atoms with van der Waals surface area (Å²) < 4.78 is 0. The van der Waals surface area contributed by atoms with Crippen molar-refractivity contribution in [3.05, 3.63) is 71.3 Å². The molecule has 0 aromatic carbocycles. The third kappa shape index (κ3) is 4.30. The van der Waals surface area contributed by atoms with Crippen molar-refractivity contribution in [3.8, 4) is 0 Å². The van der Waals surface area contributed by atoms with E-state index in [9.17, 15) is 4.79 Å². The monoisotopic (exact) mass is 334 g/mol. The number of H-pyrrole nitrogens is 2. The van der Waals surface area contributed by atoms with Crippen LogP contribution in [-0.2, 0) is 4.79 Å². The number of allylic oxidation sites excluding steroid dienone is 2. The maximum Gasteiger partial charge on any atom is 0.185 e. The molecule has 128 valence electrons. The summed E-state index contributed by atoms with van der Waals surface area (Å²) in [6.45, 7) is 6.78. The van der Waals surface area contributed by atoms with Crippen molar-refractivity contribution in [2.45, 2.75) is 33.6 Å². The number of aromatic nitrogens is 2. The molecular formula is C22H26N2O+2. The van der Waals surface area contributed by atoms with Crippen molar-refractivity contribution >= 4 is 17.9 Å². The zero-order valence-electron chi connectivity index (χ0n) is 15.2. The van der Waals surface area contributed by atoms with Gasteiger partial charge in [0.1, 0.15) is 0 Å². The standard InChI is InChI=1S/C22H24N2O/c1-22(2,3)20-12-18(10-16-6-4-8-23-14-16)21(25)19(13-20)11-17-7-5-9-24-15-17/h4-11,14-15,20H,12-13H2,1-3H3/p+2. The first kappa shape index (κ1) is 17.3. The number of hydrogen-bond donors (Lipinski definition) is 0. The van der Waals surface area contributed by atoms with Gasteiger partial charge in [-0.1, -0.05) is 20.8 Å². The van der Waals surface area contributed by atoms with E-state index < -0.39 is 0 Å². The molecule has 3 nitrogen and oxygen atoms in total. The Morgan fingerprint density at radius 1 is 0.920 bits per heavy atom. The van der Waals surface area contributed by atoms with Crippen molar-refractivity contribution < 1.29 is 14.8 Å². The first-order valence-corrected chi connectivity index (χ1v) is 8.81. The molecule has 2 N–H and O–H groups in total. The van der Waals surface area contributed by atoms with Gasteiger partial charge in [-0.2, -0.15) is 0 Å². The topological polar surface area (TPSA) is 45.4 Å². The van der Waals surface area contributed by atoms with Crippen LogP contribution in [0.4, 0.5) is 0 Å². The lowest BCUT2D eigenvalue weighted by atomic mass is 9.68. The average Bonchev–Trinajstić information content (AvgIpc) is 2.59. The summed E-state index contributed by atoms with van der Waals surface area (Å²) in [6, 6.07) is 7.95. The fourth-order valence-electron chi connectivity index (χ4n) is 3.25. The van der Waals surface area contributed by atoms with Gasteiger partial charge in [0.2, 0.25) is 0 Å². The molecule has 0 saturated heterocycles. The summed E-state index contributed by atoms with van der Waals surface area (Å²) in [7, 11) is 0. The van der Waals surface area contributed by atoms with E-state index in [0.717, 1.165) is 35.1 Å². The Morgan fingerprint density at radius 3 is 1.76 bits per heavy atom. The summed E-state index contributed by atoms with van der Waals surface area (Å²) in [5.74, 6) is 0.622. The number of aromatic amines is 2. The predicted molar refractivity (Wildman–Crippen MR) is 99.1 cm³/mol. The third-order valence-corrected chi connectivity index (χ3v) is 4.88. The third-order valence-electron chi connectivity index (χ3n) is 4.88. The van der Waals surface area contributed by atoms with Gasteiger partial charge in [-0.3, -0.25) is 4.79 Å². The van der Waals surface area contributed by atoms with E-state index in [1.165, 1.54) is 0 Å². The predicted octanol–water partition coefficient (Wildman–Crippen LogP) is 3.81. The Bertz CT molecular complexity index is 737. The lowest BCUT2D eigenvalue weighted by molar-refractivity contribution is -0.378. The first-order chi connectivity index (χ1) is 11.9. The quantitative estimate of drug-likeness (QED) is 0.770. The maximum absolute atomic E-state index is 13.0. The van der Waals surface area contributed by atoms with Crippen LogP contribution in [0.1, 0.15) is 44.7 Å². The number of carbonyl (C=O) groups excluding carboxylic acids is 1. The van der Waals surface area contributed by atoms with E-state index in [0.29, 0.717) is 5.92 Å². The highest BCUT2D eigenvalue weighted by molar-refractivity contribution is 6.14. The summed E-state index contributed by atoms with van der Waals surface area (Å²) in [6.07, 6.45) is 13.3. The highest BCUT2D eigenvalue weighted by Gasteiger charge is 2.34. The number of Topliss-reactive ketones (excluding diaryl/α,β-unsaturated/α-hetero) is 1. The fourth-order valence-corrected chi connectivity index (χ4v) is 3.25. The minimum Gasteiger partial charge on any atom is -0.289 e. The fraction of sp³-hybridized carbons (Fsp3) is 0.318. The molecular weight excluding hydrogens is 308 g/mol. The van der Waals surface area contributed by atoms with Crippen LogP contribution in [0.3, 0.4) is 0 Å². The van der Waals surface area contributed by atoms with Crippen LogP contribution in [-0.4, -0.2) is 5.78 Å². The molecule has 1 aliphatic carbocycles. The Morgan fingerprint density at radius 2 is 1.40 bits per heavy atom. The van der Waals surface area contributed by atoms with Gasteiger partial charge in [-0.05, 0) is 48.5 Å². The molecule has 3 heteroatoms. The summed E-state index contributed by atoms with van der Waals surface area (Å²) in [4.78, 5) is 19.2. The first-order valence-electron chi connectivity index (χ1n) is 8.81. The van der Waals surface area contributed by atoms with Gasteiger partial charge in [0, 0.05) is 34.4 Å². The van der Waals surface area contributed by atoms with Crippen LogP contribution in [0.25, 0.3) is 12.2 Å². The van der Waals surface area contributed by atoms with Gasteiger partial charge in [0.25, 0.3) is 0 Å². The summed E-state index contributed by atoms with van der Waals surface area (Å²) in [5.41, 5.74) is 4.03. The largest absolute Gasteiger partial charge is 0.289 e. The van der Waals surface area contributed by atoms with Crippen LogP contribution in [0.2, 0.25) is 0 Å². The SMILES string of the molecule is CC(C)(C)C1CC(=Cc2ccc[nH+]c2)C(=O)C(=Cc2ccc[nH+]c2)C1. The van der Waals surface area contributed by atoms with E-state index in [1.54, 1.807) is 0 Å². The van der Waals surface area contributed by atoms with Gasteiger partial charge in [0.15, 0.2) is 30.6 Å². The van der Waals surface area contributed by atoms with Crippen LogP contribution >= 0.6 is 0 Å². The Hall–Kier alpha value is -2.55. The normalized spacial score (nSPS) is 21.7. The van der Waals surface area contributed by atoms with Gasteiger partial charge >= 0.3 is 0 Å². The smallest absolute Gasteiger partial charge is 0.185 e. The molecule has 0 bridgehead atoms. The molecule has 0 unspecified atom stereocenters. The average molecular weight is 334 g/mol. The molecule has 2 aromatic heterocycles. The van der Waals surface area contributed by atoms with E-state index in [2.05, 4.69) is 30.7 Å². The number of ketones is 1. The number of pyridine rings is 2. The second kappa shape index (κ2) is 7.14. The summed E-state index contributed by atoms with van der Waals surface area (Å²) in [5, 5.41) is 0. The molecule has 25 heavy (non-hydrogen) atoms. The minimum absolute atomic E-state index is 0.157. The molecule has 0 atom stereocenters. The van der Waals surface area contributed by atoms with E-state index in [4.69, 9.17) is 0 Å². The van der Waals surface area contributed by atoms with Crippen LogP contribution in [0.15, 0.2) is 60.2 Å². The second-order valence-corrected chi connectivity index (χ2v) is 7.81. The molecule has 2 heterocycles. The molecule has 2 aromatic rings. The van der Waals surface area contributed by atoms with E-state index in [1.807, 2.05) is 61.2 Å². The molecule has 0 amide bonds. The zero-order valence-corrected chi connectivity index (χ0v) is 15.2. The van der Waals surface area contributed by atoms with Crippen molar-refractivity contribution in [1.29, 1.82) is 0 Å². The molecule has 1 saturated carbocycles. The number of nitrogens with one attached hydrogen (secondary N) is 2. The van der Waals surface area contributed by atoms with Crippen LogP contribution in [0, 0.1) is 11.3 Å². The molecule has 0 aliphatic heterocycles. The van der Waals surface area contributed by atoms with Gasteiger partial charge in [-0.15, -0.1) is 0 Å². The minimum atomic E-state index is 0.157. The molecule has 1 fully saturated rings. The summed E-state index contributed by atoms with van der Waals surface area (Å²) >= 11 is 0. The highest BCUT2D eigenvalue weighted by Crippen LogP contribution is 2.41. The van der Waals surface area contributed by atoms with Crippen molar-refractivity contribution in [2.75, 3.05) is 0 Å². The Balaban J connectivity index is 2.00. The second-order valence-electron chi connectivity index (χ2n) is 7.81. The maximum atomic E-state index is 13.0. The Kier molecular flexibility index (Phi) is 4.93. The van der Waals surface area contributed by atoms with Crippen LogP contribution < -0.4 is 9.97 Å². The molecule has 0 radical (unpaired) electrons. The van der Waals surface area contributed by atoms with Crippen molar-refractivity contribution in [3.63, 3.8) is 0 Å². The molecule has 0 spiro atoms. The number of rotatable bonds is 2. The van der Waals surface area contributed by atoms with Crippen molar-refractivity contribution in [2.24, 2.45) is 11.3 Å². The van der Waals surface area contributed by atoms with Gasteiger partial charge in [-0.25, -0.2) is 9.97 Å². The van der Waals surface area contributed by atoms with Crippen LogP contribution in [0.5, 0.6) is 0 Å².